The summed E-state index contributed by atoms with van der Waals surface area (Å²) in [5, 5.41) is 0. The van der Waals surface area contributed by atoms with Crippen molar-refractivity contribution in [3.63, 3.8) is 0 Å². The SMILES string of the molecule is CC(=O)[C@@]12C=CC=CC[C@@H]1[C@@H](C(=O)OC(C)(C)C)N(S(=O)(=O)c1ccc(C)cc1)[C@H]2c1ccco1. The Balaban J connectivity index is 2.02. The van der Waals surface area contributed by atoms with Crippen LogP contribution in [0, 0.1) is 18.3 Å². The summed E-state index contributed by atoms with van der Waals surface area (Å²) in [5.41, 5.74) is -1.29. The van der Waals surface area contributed by atoms with Gasteiger partial charge in [0.05, 0.1) is 16.6 Å². The number of allylic oxidation sites excluding steroid dienone is 3. The van der Waals surface area contributed by atoms with E-state index in [2.05, 4.69) is 0 Å². The molecule has 0 saturated carbocycles. The number of furan rings is 1. The Labute approximate surface area is 206 Å². The molecule has 0 bridgehead atoms. The van der Waals surface area contributed by atoms with E-state index >= 15 is 0 Å². The fourth-order valence-electron chi connectivity index (χ4n) is 5.20. The molecular formula is C27H31NO6S. The van der Waals surface area contributed by atoms with Crippen LogP contribution in [0.4, 0.5) is 0 Å². The number of fused-ring (bicyclic) bond motifs is 1. The maximum atomic E-state index is 14.2. The van der Waals surface area contributed by atoms with Gasteiger partial charge in [0.1, 0.15) is 29.2 Å². The second-order valence-corrected chi connectivity index (χ2v) is 12.0. The molecule has 2 aliphatic rings. The number of benzene rings is 1. The Morgan fingerprint density at radius 2 is 1.80 bits per heavy atom. The molecule has 0 radical (unpaired) electrons. The minimum Gasteiger partial charge on any atom is -0.468 e. The van der Waals surface area contributed by atoms with Crippen molar-refractivity contribution in [2.24, 2.45) is 11.3 Å². The lowest BCUT2D eigenvalue weighted by Crippen LogP contribution is -2.46. The molecule has 8 heteroatoms. The van der Waals surface area contributed by atoms with E-state index in [1.807, 2.05) is 19.1 Å². The van der Waals surface area contributed by atoms with Crippen LogP contribution in [0.5, 0.6) is 0 Å². The highest BCUT2D eigenvalue weighted by Gasteiger charge is 2.67. The zero-order valence-corrected chi connectivity index (χ0v) is 21.4. The zero-order chi connectivity index (χ0) is 25.6. The van der Waals surface area contributed by atoms with Gasteiger partial charge in [-0.25, -0.2) is 8.42 Å². The van der Waals surface area contributed by atoms with Crippen LogP contribution < -0.4 is 0 Å². The number of ether oxygens (including phenoxy) is 1. The monoisotopic (exact) mass is 497 g/mol. The number of carbonyl (C=O) groups is 2. The van der Waals surface area contributed by atoms with Crippen molar-refractivity contribution in [1.29, 1.82) is 0 Å². The predicted molar refractivity (Wildman–Crippen MR) is 131 cm³/mol. The van der Waals surface area contributed by atoms with Crippen molar-refractivity contribution in [2.45, 2.75) is 63.6 Å². The fraction of sp³-hybridized carbons (Fsp3) is 0.407. The summed E-state index contributed by atoms with van der Waals surface area (Å²) in [5.74, 6) is -1.35. The number of carbonyl (C=O) groups excluding carboxylic acids is 2. The number of aryl methyl sites for hydroxylation is 1. The topological polar surface area (TPSA) is 93.9 Å². The molecule has 0 unspecified atom stereocenters. The molecule has 0 amide bonds. The lowest BCUT2D eigenvalue weighted by atomic mass is 9.67. The highest BCUT2D eigenvalue weighted by atomic mass is 32.2. The summed E-state index contributed by atoms with van der Waals surface area (Å²) in [6.45, 7) is 8.49. The number of Topliss-reactive ketones (excluding diaryl/α,β-unsaturated/α-hetero) is 1. The van der Waals surface area contributed by atoms with Gasteiger partial charge in [0.15, 0.2) is 0 Å². The third kappa shape index (κ3) is 4.29. The molecule has 35 heavy (non-hydrogen) atoms. The summed E-state index contributed by atoms with van der Waals surface area (Å²) in [6, 6.07) is 7.42. The lowest BCUT2D eigenvalue weighted by molar-refractivity contribution is -0.160. The van der Waals surface area contributed by atoms with E-state index < -0.39 is 45.0 Å². The van der Waals surface area contributed by atoms with E-state index in [4.69, 9.17) is 9.15 Å². The molecule has 1 aromatic heterocycles. The first-order chi connectivity index (χ1) is 16.4. The Morgan fingerprint density at radius 3 is 2.37 bits per heavy atom. The molecule has 0 N–H and O–H groups in total. The Bertz CT molecular complexity index is 1270. The molecule has 7 nitrogen and oxygen atoms in total. The maximum absolute atomic E-state index is 14.2. The minimum absolute atomic E-state index is 0.0305. The molecule has 1 aliphatic heterocycles. The van der Waals surface area contributed by atoms with Crippen LogP contribution in [0.2, 0.25) is 0 Å². The second kappa shape index (κ2) is 8.91. The van der Waals surface area contributed by atoms with Crippen LogP contribution in [0.15, 0.2) is 76.3 Å². The molecule has 2 aromatic rings. The lowest BCUT2D eigenvalue weighted by Gasteiger charge is -2.34. The molecular weight excluding hydrogens is 466 g/mol. The van der Waals surface area contributed by atoms with Gasteiger partial charge in [-0.15, -0.1) is 0 Å². The van der Waals surface area contributed by atoms with E-state index in [0.29, 0.717) is 12.2 Å². The Morgan fingerprint density at radius 1 is 1.11 bits per heavy atom. The largest absolute Gasteiger partial charge is 0.468 e. The van der Waals surface area contributed by atoms with Gasteiger partial charge in [0.2, 0.25) is 10.0 Å². The number of rotatable bonds is 5. The van der Waals surface area contributed by atoms with Gasteiger partial charge in [0, 0.05) is 5.92 Å². The number of hydrogen-bond acceptors (Lipinski definition) is 6. The van der Waals surface area contributed by atoms with Crippen LogP contribution in [0.1, 0.15) is 51.5 Å². The van der Waals surface area contributed by atoms with Gasteiger partial charge in [-0.1, -0.05) is 42.0 Å². The molecule has 1 aliphatic carbocycles. The number of ketones is 1. The minimum atomic E-state index is -4.26. The molecule has 1 fully saturated rings. The summed E-state index contributed by atoms with van der Waals surface area (Å²) >= 11 is 0. The summed E-state index contributed by atoms with van der Waals surface area (Å²) in [6.07, 6.45) is 8.88. The van der Waals surface area contributed by atoms with E-state index in [1.54, 1.807) is 57.2 Å². The standard InChI is InChI=1S/C27H31NO6S/c1-18-12-14-20(15-13-18)35(31,32)28-23(25(30)34-26(3,4)5)21-10-7-6-8-16-27(21,19(2)29)24(28)22-11-9-17-33-22/h6-9,11-17,21,23-24H,10H2,1-5H3/t21-,23+,24+,27+/m1/s1. The number of sulfonamides is 1. The fourth-order valence-corrected chi connectivity index (χ4v) is 7.01. The van der Waals surface area contributed by atoms with Gasteiger partial charge in [-0.05, 0) is 65.3 Å². The van der Waals surface area contributed by atoms with Crippen molar-refractivity contribution in [1.82, 2.24) is 4.31 Å². The first kappa shape index (κ1) is 25.1. The molecule has 4 rings (SSSR count). The van der Waals surface area contributed by atoms with Crippen LogP contribution in [-0.4, -0.2) is 36.1 Å². The Kier molecular flexibility index (Phi) is 6.40. The van der Waals surface area contributed by atoms with Crippen LogP contribution in [-0.2, 0) is 24.3 Å². The normalized spacial score (nSPS) is 26.8. The van der Waals surface area contributed by atoms with Gasteiger partial charge in [0.25, 0.3) is 0 Å². The van der Waals surface area contributed by atoms with Crippen molar-refractivity contribution in [2.75, 3.05) is 0 Å². The highest BCUT2D eigenvalue weighted by molar-refractivity contribution is 7.89. The van der Waals surface area contributed by atoms with Gasteiger partial charge >= 0.3 is 5.97 Å². The molecule has 186 valence electrons. The third-order valence-corrected chi connectivity index (χ3v) is 8.51. The first-order valence-electron chi connectivity index (χ1n) is 11.6. The third-order valence-electron chi connectivity index (χ3n) is 6.65. The van der Waals surface area contributed by atoms with E-state index in [-0.39, 0.29) is 10.7 Å². The van der Waals surface area contributed by atoms with Gasteiger partial charge in [-0.2, -0.15) is 4.31 Å². The summed E-state index contributed by atoms with van der Waals surface area (Å²) in [4.78, 5) is 27.2. The smallest absolute Gasteiger partial charge is 0.325 e. The molecule has 0 spiro atoms. The van der Waals surface area contributed by atoms with E-state index in [9.17, 15) is 18.0 Å². The summed E-state index contributed by atoms with van der Waals surface area (Å²) in [7, 11) is -4.26. The highest BCUT2D eigenvalue weighted by Crippen LogP contribution is 2.59. The zero-order valence-electron chi connectivity index (χ0n) is 20.6. The number of nitrogens with zero attached hydrogens (tertiary/aromatic N) is 1. The molecule has 4 atom stereocenters. The van der Waals surface area contributed by atoms with Crippen molar-refractivity contribution in [3.05, 3.63) is 78.3 Å². The van der Waals surface area contributed by atoms with Crippen LogP contribution in [0.25, 0.3) is 0 Å². The summed E-state index contributed by atoms with van der Waals surface area (Å²) < 4.78 is 41.1. The second-order valence-electron chi connectivity index (χ2n) is 10.2. The average molecular weight is 498 g/mol. The van der Waals surface area contributed by atoms with Gasteiger partial charge < -0.3 is 9.15 Å². The average Bonchev–Trinajstić information content (AvgIpc) is 3.32. The Hall–Kier alpha value is -2.97. The van der Waals surface area contributed by atoms with Crippen molar-refractivity contribution < 1.29 is 27.2 Å². The molecule has 1 saturated heterocycles. The predicted octanol–water partition coefficient (Wildman–Crippen LogP) is 4.75. The van der Waals surface area contributed by atoms with Gasteiger partial charge in [-0.3, -0.25) is 9.59 Å². The molecule has 2 heterocycles. The number of esters is 1. The van der Waals surface area contributed by atoms with Crippen molar-refractivity contribution >= 4 is 21.8 Å². The quantitative estimate of drug-likeness (QED) is 0.554. The van der Waals surface area contributed by atoms with Crippen LogP contribution in [0.3, 0.4) is 0 Å². The maximum Gasteiger partial charge on any atom is 0.325 e. The molecule has 1 aromatic carbocycles. The van der Waals surface area contributed by atoms with E-state index in [1.165, 1.54) is 25.3 Å². The van der Waals surface area contributed by atoms with Crippen molar-refractivity contribution in [3.8, 4) is 0 Å². The first-order valence-corrected chi connectivity index (χ1v) is 13.1. The van der Waals surface area contributed by atoms with E-state index in [0.717, 1.165) is 9.87 Å². The number of hydrogen-bond donors (Lipinski definition) is 0. The van der Waals surface area contributed by atoms with Crippen LogP contribution >= 0.6 is 0 Å².